The fraction of sp³-hybridized carbons (Fsp3) is 0.917. The second kappa shape index (κ2) is 6.33. The van der Waals surface area contributed by atoms with E-state index in [1.807, 2.05) is 4.90 Å². The topological polar surface area (TPSA) is 44.8 Å². The molecule has 2 fully saturated rings. The van der Waals surface area contributed by atoms with Crippen LogP contribution in [0.4, 0.5) is 0 Å². The van der Waals surface area contributed by atoms with Crippen LogP contribution < -0.4 is 5.32 Å². The van der Waals surface area contributed by atoms with Gasteiger partial charge in [-0.05, 0) is 6.42 Å². The maximum atomic E-state index is 11.9. The third-order valence-corrected chi connectivity index (χ3v) is 3.68. The number of hydrogen-bond donors (Lipinski definition) is 1. The first-order valence-electron chi connectivity index (χ1n) is 6.52. The number of rotatable bonds is 5. The average Bonchev–Trinajstić information content (AvgIpc) is 2.28. The third-order valence-electron chi connectivity index (χ3n) is 3.68. The van der Waals surface area contributed by atoms with Gasteiger partial charge in [0.1, 0.15) is 0 Å². The molecule has 5 heteroatoms. The lowest BCUT2D eigenvalue weighted by atomic mass is 10.1. The summed E-state index contributed by atoms with van der Waals surface area (Å²) in [4.78, 5) is 16.4. The van der Waals surface area contributed by atoms with Crippen molar-refractivity contribution in [1.82, 2.24) is 15.1 Å². The van der Waals surface area contributed by atoms with E-state index in [9.17, 15) is 4.79 Å². The molecule has 1 amide bonds. The zero-order valence-corrected chi connectivity index (χ0v) is 10.7. The Morgan fingerprint density at radius 3 is 2.53 bits per heavy atom. The largest absolute Gasteiger partial charge is 0.385 e. The van der Waals surface area contributed by atoms with Crippen LogP contribution in [-0.4, -0.2) is 74.7 Å². The lowest BCUT2D eigenvalue weighted by Gasteiger charge is -2.43. The highest BCUT2D eigenvalue weighted by Crippen LogP contribution is 2.10. The summed E-state index contributed by atoms with van der Waals surface area (Å²) in [6, 6.07) is 0.709. The van der Waals surface area contributed by atoms with E-state index in [1.165, 1.54) is 0 Å². The van der Waals surface area contributed by atoms with Gasteiger partial charge in [0.15, 0.2) is 0 Å². The molecule has 0 radical (unpaired) electrons. The van der Waals surface area contributed by atoms with Crippen molar-refractivity contribution in [3.63, 3.8) is 0 Å². The number of amides is 1. The predicted octanol–water partition coefficient (Wildman–Crippen LogP) is -0.471. The average molecular weight is 241 g/mol. The Morgan fingerprint density at radius 1 is 1.29 bits per heavy atom. The van der Waals surface area contributed by atoms with Gasteiger partial charge in [0.2, 0.25) is 5.91 Å². The molecule has 17 heavy (non-hydrogen) atoms. The molecule has 0 spiro atoms. The van der Waals surface area contributed by atoms with Gasteiger partial charge in [-0.1, -0.05) is 0 Å². The molecular weight excluding hydrogens is 218 g/mol. The molecule has 0 bridgehead atoms. The Labute approximate surface area is 103 Å². The molecular formula is C12H23N3O2. The van der Waals surface area contributed by atoms with Crippen LogP contribution in [0.3, 0.4) is 0 Å². The number of hydrogen-bond acceptors (Lipinski definition) is 4. The van der Waals surface area contributed by atoms with Gasteiger partial charge in [-0.3, -0.25) is 9.69 Å². The minimum Gasteiger partial charge on any atom is -0.385 e. The third kappa shape index (κ3) is 3.40. The van der Waals surface area contributed by atoms with Gasteiger partial charge < -0.3 is 15.0 Å². The van der Waals surface area contributed by atoms with Crippen molar-refractivity contribution in [1.29, 1.82) is 0 Å². The number of methoxy groups -OCH3 is 1. The van der Waals surface area contributed by atoms with Gasteiger partial charge in [0.25, 0.3) is 0 Å². The molecule has 0 aromatic heterocycles. The summed E-state index contributed by atoms with van der Waals surface area (Å²) in [6.45, 7) is 6.75. The molecule has 1 N–H and O–H groups in total. The lowest BCUT2D eigenvalue weighted by molar-refractivity contribution is -0.133. The Balaban J connectivity index is 1.65. The van der Waals surface area contributed by atoms with Crippen molar-refractivity contribution < 1.29 is 9.53 Å². The molecule has 0 atom stereocenters. The molecule has 2 heterocycles. The van der Waals surface area contributed by atoms with E-state index in [4.69, 9.17) is 4.74 Å². The first-order valence-corrected chi connectivity index (χ1v) is 6.52. The molecule has 0 aromatic rings. The molecule has 0 unspecified atom stereocenters. The first-order chi connectivity index (χ1) is 8.31. The highest BCUT2D eigenvalue weighted by molar-refractivity contribution is 5.76. The summed E-state index contributed by atoms with van der Waals surface area (Å²) in [5.74, 6) is 0.286. The zero-order chi connectivity index (χ0) is 12.1. The van der Waals surface area contributed by atoms with Gasteiger partial charge in [0.05, 0.1) is 0 Å². The van der Waals surface area contributed by atoms with Crippen LogP contribution in [0.25, 0.3) is 0 Å². The second-order valence-electron chi connectivity index (χ2n) is 4.83. The highest BCUT2D eigenvalue weighted by Gasteiger charge is 2.28. The molecule has 0 aromatic carbocycles. The fourth-order valence-electron chi connectivity index (χ4n) is 2.39. The molecule has 2 aliphatic rings. The molecule has 0 saturated carbocycles. The monoisotopic (exact) mass is 241 g/mol. The van der Waals surface area contributed by atoms with Crippen molar-refractivity contribution in [3.8, 4) is 0 Å². The Morgan fingerprint density at radius 2 is 2.00 bits per heavy atom. The maximum absolute atomic E-state index is 11.9. The fourth-order valence-corrected chi connectivity index (χ4v) is 2.39. The smallest absolute Gasteiger partial charge is 0.222 e. The number of carbonyl (C=O) groups excluding carboxylic acids is 1. The van der Waals surface area contributed by atoms with Gasteiger partial charge in [-0.2, -0.15) is 0 Å². The summed E-state index contributed by atoms with van der Waals surface area (Å²) in [5, 5.41) is 3.29. The molecule has 98 valence electrons. The van der Waals surface area contributed by atoms with Gasteiger partial charge in [0, 0.05) is 65.4 Å². The molecule has 2 aliphatic heterocycles. The number of nitrogens with one attached hydrogen (secondary N) is 1. The summed E-state index contributed by atoms with van der Waals surface area (Å²) in [6.07, 6.45) is 1.46. The van der Waals surface area contributed by atoms with E-state index >= 15 is 0 Å². The van der Waals surface area contributed by atoms with Crippen molar-refractivity contribution >= 4 is 5.91 Å². The summed E-state index contributed by atoms with van der Waals surface area (Å²) < 4.78 is 4.96. The minimum atomic E-state index is 0.286. The number of carbonyl (C=O) groups is 1. The lowest BCUT2D eigenvalue weighted by Crippen LogP contribution is -2.62. The molecule has 0 aliphatic carbocycles. The molecule has 2 saturated heterocycles. The van der Waals surface area contributed by atoms with Crippen LogP contribution in [0.2, 0.25) is 0 Å². The van der Waals surface area contributed by atoms with Crippen LogP contribution >= 0.6 is 0 Å². The number of nitrogens with zero attached hydrogens (tertiary/aromatic N) is 2. The van der Waals surface area contributed by atoms with Gasteiger partial charge >= 0.3 is 0 Å². The Hall–Kier alpha value is -0.650. The van der Waals surface area contributed by atoms with E-state index in [1.54, 1.807) is 7.11 Å². The van der Waals surface area contributed by atoms with Crippen LogP contribution in [0.15, 0.2) is 0 Å². The van der Waals surface area contributed by atoms with E-state index in [0.29, 0.717) is 19.1 Å². The molecule has 5 nitrogen and oxygen atoms in total. The number of ether oxygens (including phenoxy) is 1. The standard InChI is InChI=1S/C12H23N3O2/c1-17-8-2-3-12(16)15-6-4-14(5-7-15)11-9-13-10-11/h11,13H,2-10H2,1H3. The van der Waals surface area contributed by atoms with Crippen molar-refractivity contribution in [2.75, 3.05) is 53.0 Å². The zero-order valence-electron chi connectivity index (χ0n) is 10.7. The van der Waals surface area contributed by atoms with E-state index < -0.39 is 0 Å². The quantitative estimate of drug-likeness (QED) is 0.661. The Kier molecular flexibility index (Phi) is 4.76. The van der Waals surface area contributed by atoms with E-state index in [0.717, 1.165) is 45.7 Å². The normalized spacial score (nSPS) is 22.5. The van der Waals surface area contributed by atoms with Crippen LogP contribution in [-0.2, 0) is 9.53 Å². The van der Waals surface area contributed by atoms with Gasteiger partial charge in [-0.25, -0.2) is 0 Å². The summed E-state index contributed by atoms with van der Waals surface area (Å²) in [5.41, 5.74) is 0. The predicted molar refractivity (Wildman–Crippen MR) is 65.9 cm³/mol. The Bertz CT molecular complexity index is 248. The minimum absolute atomic E-state index is 0.286. The van der Waals surface area contributed by atoms with Crippen LogP contribution in [0.1, 0.15) is 12.8 Å². The van der Waals surface area contributed by atoms with Crippen molar-refractivity contribution in [2.24, 2.45) is 0 Å². The highest BCUT2D eigenvalue weighted by atomic mass is 16.5. The first kappa shape index (κ1) is 12.8. The maximum Gasteiger partial charge on any atom is 0.222 e. The van der Waals surface area contributed by atoms with E-state index in [2.05, 4.69) is 10.2 Å². The number of piperazine rings is 1. The van der Waals surface area contributed by atoms with Crippen LogP contribution in [0.5, 0.6) is 0 Å². The SMILES string of the molecule is COCCCC(=O)N1CCN(C2CNC2)CC1. The second-order valence-corrected chi connectivity index (χ2v) is 4.83. The van der Waals surface area contributed by atoms with E-state index in [-0.39, 0.29) is 5.91 Å². The van der Waals surface area contributed by atoms with Crippen LogP contribution in [0, 0.1) is 0 Å². The summed E-state index contributed by atoms with van der Waals surface area (Å²) >= 11 is 0. The van der Waals surface area contributed by atoms with Gasteiger partial charge in [-0.15, -0.1) is 0 Å². The summed E-state index contributed by atoms with van der Waals surface area (Å²) in [7, 11) is 1.68. The van der Waals surface area contributed by atoms with Crippen molar-refractivity contribution in [2.45, 2.75) is 18.9 Å². The van der Waals surface area contributed by atoms with Crippen molar-refractivity contribution in [3.05, 3.63) is 0 Å². The molecule has 2 rings (SSSR count).